The zero-order valence-electron chi connectivity index (χ0n) is 16.7. The van der Waals surface area contributed by atoms with E-state index in [1.165, 1.54) is 4.57 Å². The predicted octanol–water partition coefficient (Wildman–Crippen LogP) is 3.54. The molecule has 6 nitrogen and oxygen atoms in total. The van der Waals surface area contributed by atoms with Crippen LogP contribution in [0.25, 0.3) is 10.9 Å². The summed E-state index contributed by atoms with van der Waals surface area (Å²) in [5.41, 5.74) is 1.89. The molecule has 1 N–H and O–H groups in total. The van der Waals surface area contributed by atoms with E-state index in [1.54, 1.807) is 30.3 Å². The maximum atomic E-state index is 13.0. The molecule has 8 heteroatoms. The number of carbonyl (C=O) groups is 1. The van der Waals surface area contributed by atoms with Gasteiger partial charge >= 0.3 is 0 Å². The van der Waals surface area contributed by atoms with Crippen LogP contribution < -0.4 is 5.56 Å². The number of aromatic nitrogens is 2. The van der Waals surface area contributed by atoms with Gasteiger partial charge < -0.3 is 14.8 Å². The Bertz CT molecular complexity index is 1190. The van der Waals surface area contributed by atoms with Crippen molar-refractivity contribution in [3.63, 3.8) is 0 Å². The highest BCUT2D eigenvalue weighted by molar-refractivity contribution is 7.71. The van der Waals surface area contributed by atoms with Gasteiger partial charge in [0.25, 0.3) is 11.5 Å². The van der Waals surface area contributed by atoms with Gasteiger partial charge in [0.05, 0.1) is 17.4 Å². The number of aromatic amines is 1. The van der Waals surface area contributed by atoms with Crippen LogP contribution in [0.2, 0.25) is 5.02 Å². The third-order valence-corrected chi connectivity index (χ3v) is 6.16. The molecule has 0 unspecified atom stereocenters. The van der Waals surface area contributed by atoms with E-state index in [1.807, 2.05) is 17.0 Å². The first-order valence-electron chi connectivity index (χ1n) is 9.99. The summed E-state index contributed by atoms with van der Waals surface area (Å²) in [5, 5.41) is 1.15. The van der Waals surface area contributed by atoms with Crippen LogP contribution in [0.4, 0.5) is 0 Å². The van der Waals surface area contributed by atoms with Gasteiger partial charge in [-0.25, -0.2) is 0 Å². The molecule has 3 aromatic rings. The quantitative estimate of drug-likeness (QED) is 0.628. The lowest BCUT2D eigenvalue weighted by Gasteiger charge is -2.34. The van der Waals surface area contributed by atoms with E-state index in [9.17, 15) is 9.59 Å². The van der Waals surface area contributed by atoms with Crippen LogP contribution in [-0.4, -0.2) is 58.0 Å². The fourth-order valence-electron chi connectivity index (χ4n) is 3.75. The predicted molar refractivity (Wildman–Crippen MR) is 122 cm³/mol. The van der Waals surface area contributed by atoms with E-state index in [4.69, 9.17) is 23.8 Å². The fraction of sp³-hybridized carbons (Fsp3) is 0.318. The SMILES string of the molecule is CCN1CCN(C(=O)c2ccc3c(=O)n(Cc4ccc(Cl)cc4)c(=S)[nH]c3c2)CC1. The van der Waals surface area contributed by atoms with Gasteiger partial charge in [-0.15, -0.1) is 0 Å². The van der Waals surface area contributed by atoms with Crippen LogP contribution in [0, 0.1) is 4.77 Å². The Morgan fingerprint density at radius 3 is 2.47 bits per heavy atom. The minimum atomic E-state index is -0.181. The molecule has 2 aromatic carbocycles. The lowest BCUT2D eigenvalue weighted by Crippen LogP contribution is -2.48. The van der Waals surface area contributed by atoms with Crippen molar-refractivity contribution in [2.24, 2.45) is 0 Å². The molecule has 1 amide bonds. The van der Waals surface area contributed by atoms with Crippen LogP contribution in [0.3, 0.4) is 0 Å². The highest BCUT2D eigenvalue weighted by atomic mass is 35.5. The molecule has 1 aliphatic heterocycles. The number of nitrogens with zero attached hydrogens (tertiary/aromatic N) is 3. The van der Waals surface area contributed by atoms with Crippen molar-refractivity contribution >= 4 is 40.6 Å². The van der Waals surface area contributed by atoms with Crippen molar-refractivity contribution in [1.29, 1.82) is 0 Å². The molecule has 1 aromatic heterocycles. The van der Waals surface area contributed by atoms with Crippen molar-refractivity contribution in [2.45, 2.75) is 13.5 Å². The van der Waals surface area contributed by atoms with Crippen LogP contribution in [0.1, 0.15) is 22.8 Å². The number of amides is 1. The van der Waals surface area contributed by atoms with Gasteiger partial charge in [-0.2, -0.15) is 0 Å². The first-order chi connectivity index (χ1) is 14.5. The lowest BCUT2D eigenvalue weighted by atomic mass is 10.1. The first kappa shape index (κ1) is 20.8. The van der Waals surface area contributed by atoms with Crippen LogP contribution in [-0.2, 0) is 6.54 Å². The average molecular weight is 443 g/mol. The van der Waals surface area contributed by atoms with E-state index in [0.717, 1.165) is 25.2 Å². The lowest BCUT2D eigenvalue weighted by molar-refractivity contribution is 0.0643. The Morgan fingerprint density at radius 2 is 1.80 bits per heavy atom. The zero-order valence-corrected chi connectivity index (χ0v) is 18.3. The van der Waals surface area contributed by atoms with Crippen LogP contribution in [0.15, 0.2) is 47.3 Å². The summed E-state index contributed by atoms with van der Waals surface area (Å²) in [4.78, 5) is 33.2. The van der Waals surface area contributed by atoms with Gasteiger partial charge in [0.15, 0.2) is 4.77 Å². The number of halogens is 1. The van der Waals surface area contributed by atoms with Crippen molar-refractivity contribution in [3.05, 3.63) is 73.7 Å². The number of H-pyrrole nitrogens is 1. The van der Waals surface area contributed by atoms with Crippen molar-refractivity contribution in [3.8, 4) is 0 Å². The highest BCUT2D eigenvalue weighted by Crippen LogP contribution is 2.15. The number of likely N-dealkylation sites (N-methyl/N-ethyl adjacent to an activating group) is 1. The summed E-state index contributed by atoms with van der Waals surface area (Å²) in [6, 6.07) is 12.5. The highest BCUT2D eigenvalue weighted by Gasteiger charge is 2.21. The van der Waals surface area contributed by atoms with E-state index < -0.39 is 0 Å². The van der Waals surface area contributed by atoms with Gasteiger partial charge in [-0.05, 0) is 54.7 Å². The standard InChI is InChI=1S/C22H23ClN4O2S/c1-2-25-9-11-26(12-10-25)20(28)16-5-8-18-19(13-16)24-22(30)27(21(18)29)14-15-3-6-17(23)7-4-15/h3-8,13H,2,9-12,14H2,1H3,(H,24,30). The molecule has 0 radical (unpaired) electrons. The average Bonchev–Trinajstić information content (AvgIpc) is 2.77. The van der Waals surface area contributed by atoms with Gasteiger partial charge in [0, 0.05) is 36.8 Å². The maximum absolute atomic E-state index is 13.0. The van der Waals surface area contributed by atoms with E-state index in [0.29, 0.717) is 45.9 Å². The molecule has 1 aliphatic rings. The third kappa shape index (κ3) is 4.19. The number of carbonyl (C=O) groups excluding carboxylic acids is 1. The molecule has 0 aliphatic carbocycles. The van der Waals surface area contributed by atoms with E-state index in [-0.39, 0.29) is 11.5 Å². The number of benzene rings is 2. The summed E-state index contributed by atoms with van der Waals surface area (Å²) in [6.07, 6.45) is 0. The maximum Gasteiger partial charge on any atom is 0.262 e. The number of hydrogen-bond acceptors (Lipinski definition) is 4. The summed E-state index contributed by atoms with van der Waals surface area (Å²) in [6.45, 7) is 6.66. The second-order valence-electron chi connectivity index (χ2n) is 7.43. The number of rotatable bonds is 4. The minimum absolute atomic E-state index is 0.0164. The molecular formula is C22H23ClN4O2S. The molecule has 30 heavy (non-hydrogen) atoms. The Morgan fingerprint density at radius 1 is 1.10 bits per heavy atom. The number of nitrogens with one attached hydrogen (secondary N) is 1. The Balaban J connectivity index is 1.63. The molecule has 0 spiro atoms. The summed E-state index contributed by atoms with van der Waals surface area (Å²) in [5.74, 6) is -0.0164. The number of piperazine rings is 1. The third-order valence-electron chi connectivity index (χ3n) is 5.59. The Hall–Kier alpha value is -2.48. The van der Waals surface area contributed by atoms with Crippen LogP contribution >= 0.6 is 23.8 Å². The molecule has 0 saturated carbocycles. The second-order valence-corrected chi connectivity index (χ2v) is 8.26. The van der Waals surface area contributed by atoms with Crippen molar-refractivity contribution in [2.75, 3.05) is 32.7 Å². The minimum Gasteiger partial charge on any atom is -0.336 e. The molecular weight excluding hydrogens is 420 g/mol. The van der Waals surface area contributed by atoms with Gasteiger partial charge in [-0.3, -0.25) is 14.2 Å². The monoisotopic (exact) mass is 442 g/mol. The summed E-state index contributed by atoms with van der Waals surface area (Å²) in [7, 11) is 0. The van der Waals surface area contributed by atoms with Crippen LogP contribution in [0.5, 0.6) is 0 Å². The Kier molecular flexibility index (Phi) is 6.04. The van der Waals surface area contributed by atoms with Crippen molar-refractivity contribution < 1.29 is 4.79 Å². The summed E-state index contributed by atoms with van der Waals surface area (Å²) >= 11 is 11.4. The normalized spacial score (nSPS) is 14.9. The smallest absolute Gasteiger partial charge is 0.262 e. The largest absolute Gasteiger partial charge is 0.336 e. The van der Waals surface area contributed by atoms with E-state index in [2.05, 4.69) is 16.8 Å². The number of fused-ring (bicyclic) bond motifs is 1. The Labute approximate surface area is 184 Å². The number of hydrogen-bond donors (Lipinski definition) is 1. The molecule has 0 atom stereocenters. The van der Waals surface area contributed by atoms with Crippen molar-refractivity contribution in [1.82, 2.24) is 19.4 Å². The molecule has 156 valence electrons. The van der Waals surface area contributed by atoms with Gasteiger partial charge in [0.2, 0.25) is 0 Å². The summed E-state index contributed by atoms with van der Waals surface area (Å²) < 4.78 is 1.84. The zero-order chi connectivity index (χ0) is 21.3. The molecule has 1 saturated heterocycles. The molecule has 0 bridgehead atoms. The first-order valence-corrected chi connectivity index (χ1v) is 10.8. The topological polar surface area (TPSA) is 61.3 Å². The van der Waals surface area contributed by atoms with Gasteiger partial charge in [0.1, 0.15) is 0 Å². The molecule has 4 rings (SSSR count). The fourth-order valence-corrected chi connectivity index (χ4v) is 4.14. The van der Waals surface area contributed by atoms with E-state index >= 15 is 0 Å². The molecule has 2 heterocycles. The van der Waals surface area contributed by atoms with Gasteiger partial charge in [-0.1, -0.05) is 30.7 Å². The second kappa shape index (κ2) is 8.71. The molecule has 1 fully saturated rings.